The molecule has 0 atom stereocenters. The third-order valence-electron chi connectivity index (χ3n) is 5.21. The van der Waals surface area contributed by atoms with Gasteiger partial charge in [0.1, 0.15) is 6.20 Å². The molecule has 2 aromatic rings. The van der Waals surface area contributed by atoms with Gasteiger partial charge in [-0.15, -0.1) is 0 Å². The Hall–Kier alpha value is -3.00. The van der Waals surface area contributed by atoms with E-state index in [2.05, 4.69) is 27.2 Å². The smallest absolute Gasteiger partial charge is 0.329 e. The molecular weight excluding hydrogens is 356 g/mol. The lowest BCUT2D eigenvalue weighted by Gasteiger charge is -2.27. The van der Waals surface area contributed by atoms with Crippen molar-refractivity contribution in [1.29, 1.82) is 0 Å². The van der Waals surface area contributed by atoms with E-state index >= 15 is 0 Å². The summed E-state index contributed by atoms with van der Waals surface area (Å²) in [6, 6.07) is 9.56. The van der Waals surface area contributed by atoms with Crippen LogP contribution in [-0.4, -0.2) is 28.0 Å². The molecule has 1 aromatic heterocycles. The fraction of sp³-hybridized carbons (Fsp3) is 0.400. The maximum atomic E-state index is 11.3. The molecule has 1 fully saturated rings. The zero-order valence-corrected chi connectivity index (χ0v) is 15.8. The minimum absolute atomic E-state index is 0.133. The number of benzene rings is 1. The zero-order valence-electron chi connectivity index (χ0n) is 15.8. The van der Waals surface area contributed by atoms with Crippen molar-refractivity contribution in [3.8, 4) is 0 Å². The summed E-state index contributed by atoms with van der Waals surface area (Å²) in [6.45, 7) is 5.37. The van der Waals surface area contributed by atoms with Gasteiger partial charge in [-0.3, -0.25) is 10.1 Å². The van der Waals surface area contributed by atoms with Crippen molar-refractivity contribution < 1.29 is 4.92 Å². The minimum Gasteiger partial charge on any atom is -0.364 e. The highest BCUT2D eigenvalue weighted by Crippen LogP contribution is 2.29. The molecule has 0 spiro atoms. The van der Waals surface area contributed by atoms with Gasteiger partial charge in [0.05, 0.1) is 4.92 Å². The first-order chi connectivity index (χ1) is 13.6. The summed E-state index contributed by atoms with van der Waals surface area (Å²) in [5, 5.41) is 17.5. The van der Waals surface area contributed by atoms with Crippen molar-refractivity contribution >= 4 is 23.2 Å². The highest BCUT2D eigenvalue weighted by molar-refractivity contribution is 5.73. The number of hydrogen-bond acceptors (Lipinski definition) is 7. The van der Waals surface area contributed by atoms with E-state index in [1.807, 2.05) is 30.3 Å². The lowest BCUT2D eigenvalue weighted by Crippen LogP contribution is -2.25. The van der Waals surface area contributed by atoms with Gasteiger partial charge in [0.25, 0.3) is 0 Å². The van der Waals surface area contributed by atoms with Crippen LogP contribution in [0.25, 0.3) is 5.70 Å². The van der Waals surface area contributed by atoms with Gasteiger partial charge in [-0.05, 0) is 49.6 Å². The molecule has 1 saturated carbocycles. The normalized spacial score (nSPS) is 19.0. The topological polar surface area (TPSA) is 119 Å². The quantitative estimate of drug-likeness (QED) is 0.471. The summed E-state index contributed by atoms with van der Waals surface area (Å²) in [4.78, 5) is 19.3. The van der Waals surface area contributed by atoms with Crippen LogP contribution in [0.2, 0.25) is 0 Å². The first-order valence-electron chi connectivity index (χ1n) is 9.53. The largest absolute Gasteiger partial charge is 0.364 e. The summed E-state index contributed by atoms with van der Waals surface area (Å²) < 4.78 is 0. The summed E-state index contributed by atoms with van der Waals surface area (Å²) in [5.74, 6) is 1.57. The summed E-state index contributed by atoms with van der Waals surface area (Å²) in [7, 11) is 0. The molecule has 1 aliphatic rings. The van der Waals surface area contributed by atoms with E-state index < -0.39 is 4.92 Å². The number of hydrogen-bond donors (Lipinski definition) is 3. The van der Waals surface area contributed by atoms with E-state index in [4.69, 9.17) is 5.73 Å². The number of nitrogens with one attached hydrogen (secondary N) is 2. The second kappa shape index (κ2) is 9.27. The van der Waals surface area contributed by atoms with E-state index in [9.17, 15) is 10.1 Å². The molecule has 8 nitrogen and oxygen atoms in total. The van der Waals surface area contributed by atoms with Gasteiger partial charge in [-0.1, -0.05) is 36.9 Å². The summed E-state index contributed by atoms with van der Waals surface area (Å²) >= 11 is 0. The summed E-state index contributed by atoms with van der Waals surface area (Å²) in [5.41, 5.74) is 7.13. The van der Waals surface area contributed by atoms with Crippen LogP contribution in [0.1, 0.15) is 31.2 Å². The summed E-state index contributed by atoms with van der Waals surface area (Å²) in [6.07, 6.45) is 5.59. The molecule has 0 unspecified atom stereocenters. The zero-order chi connectivity index (χ0) is 19.9. The number of nitrogens with two attached hydrogens (primary N) is 1. The first kappa shape index (κ1) is 19.8. The fourth-order valence-corrected chi connectivity index (χ4v) is 3.46. The molecule has 0 bridgehead atoms. The molecule has 4 N–H and O–H groups in total. The molecule has 3 rings (SSSR count). The molecular formula is C20H26N6O2. The number of nitro groups is 1. The number of nitrogens with zero attached hydrogens (tertiary/aromatic N) is 3. The van der Waals surface area contributed by atoms with Crippen molar-refractivity contribution in [1.82, 2.24) is 9.97 Å². The van der Waals surface area contributed by atoms with Gasteiger partial charge in [0, 0.05) is 12.2 Å². The number of anilines is 2. The Morgan fingerprint density at radius 2 is 1.89 bits per heavy atom. The van der Waals surface area contributed by atoms with Crippen LogP contribution in [0, 0.1) is 22.0 Å². The maximum absolute atomic E-state index is 11.3. The molecule has 8 heteroatoms. The van der Waals surface area contributed by atoms with Crippen LogP contribution in [-0.2, 0) is 0 Å². The van der Waals surface area contributed by atoms with E-state index in [0.29, 0.717) is 24.1 Å². The van der Waals surface area contributed by atoms with Crippen LogP contribution < -0.4 is 16.4 Å². The van der Waals surface area contributed by atoms with Crippen molar-refractivity contribution in [3.63, 3.8) is 0 Å². The first-order valence-corrected chi connectivity index (χ1v) is 9.53. The maximum Gasteiger partial charge on any atom is 0.329 e. The van der Waals surface area contributed by atoms with Crippen molar-refractivity contribution in [3.05, 3.63) is 58.8 Å². The highest BCUT2D eigenvalue weighted by Gasteiger charge is 2.22. The Balaban J connectivity index is 1.67. The van der Waals surface area contributed by atoms with Gasteiger partial charge in [0.15, 0.2) is 0 Å². The fourth-order valence-electron chi connectivity index (χ4n) is 3.46. The van der Waals surface area contributed by atoms with Crippen molar-refractivity contribution in [2.24, 2.45) is 17.6 Å². The predicted molar refractivity (Wildman–Crippen MR) is 111 cm³/mol. The highest BCUT2D eigenvalue weighted by atomic mass is 16.6. The third-order valence-corrected chi connectivity index (χ3v) is 5.21. The van der Waals surface area contributed by atoms with Crippen molar-refractivity contribution in [2.45, 2.75) is 25.7 Å². The van der Waals surface area contributed by atoms with E-state index in [1.54, 1.807) is 0 Å². The molecule has 28 heavy (non-hydrogen) atoms. The van der Waals surface area contributed by atoms with Gasteiger partial charge in [0.2, 0.25) is 11.8 Å². The SMILES string of the molecule is C=C(Nc1ncc([N+](=O)[O-])c(NCC2CCC(CN)CC2)n1)c1ccccc1. The van der Waals surface area contributed by atoms with Gasteiger partial charge in [-0.2, -0.15) is 4.98 Å². The minimum atomic E-state index is -0.469. The number of aromatic nitrogens is 2. The monoisotopic (exact) mass is 382 g/mol. The van der Waals surface area contributed by atoms with Crippen molar-refractivity contribution in [2.75, 3.05) is 23.7 Å². The predicted octanol–water partition coefficient (Wildman–Crippen LogP) is 3.64. The standard InChI is InChI=1S/C20H26N6O2/c1-14(17-5-3-2-4-6-17)24-20-23-13-18(26(27)28)19(25-20)22-12-16-9-7-15(11-21)8-10-16/h2-6,13,15-16H,1,7-12,21H2,(H2,22,23,24,25). The second-order valence-electron chi connectivity index (χ2n) is 7.16. The Kier molecular flexibility index (Phi) is 6.54. The van der Waals surface area contributed by atoms with Crippen LogP contribution in [0.4, 0.5) is 17.5 Å². The van der Waals surface area contributed by atoms with Crippen LogP contribution in [0.5, 0.6) is 0 Å². The van der Waals surface area contributed by atoms with Crippen LogP contribution in [0.15, 0.2) is 43.1 Å². The van der Waals surface area contributed by atoms with Crippen LogP contribution >= 0.6 is 0 Å². The van der Waals surface area contributed by atoms with E-state index in [0.717, 1.165) is 37.8 Å². The molecule has 0 amide bonds. The Morgan fingerprint density at radius 3 is 2.54 bits per heavy atom. The van der Waals surface area contributed by atoms with Crippen LogP contribution in [0.3, 0.4) is 0 Å². The lowest BCUT2D eigenvalue weighted by atomic mass is 9.82. The molecule has 1 heterocycles. The molecule has 0 saturated heterocycles. The van der Waals surface area contributed by atoms with E-state index in [-0.39, 0.29) is 17.5 Å². The molecule has 1 aliphatic carbocycles. The van der Waals surface area contributed by atoms with Gasteiger partial charge >= 0.3 is 5.69 Å². The Bertz CT molecular complexity index is 819. The Labute approximate surface area is 164 Å². The molecule has 0 aliphatic heterocycles. The second-order valence-corrected chi connectivity index (χ2v) is 7.16. The average Bonchev–Trinajstić information content (AvgIpc) is 2.73. The van der Waals surface area contributed by atoms with E-state index in [1.165, 1.54) is 6.20 Å². The molecule has 1 aromatic carbocycles. The number of rotatable bonds is 8. The van der Waals surface area contributed by atoms with Gasteiger partial charge in [-0.25, -0.2) is 4.98 Å². The Morgan fingerprint density at radius 1 is 1.21 bits per heavy atom. The molecule has 148 valence electrons. The third kappa shape index (κ3) is 5.04. The molecule has 0 radical (unpaired) electrons. The average molecular weight is 382 g/mol. The van der Waals surface area contributed by atoms with Gasteiger partial charge < -0.3 is 16.4 Å². The lowest BCUT2D eigenvalue weighted by molar-refractivity contribution is -0.384.